The molecule has 1 fully saturated rings. The van der Waals surface area contributed by atoms with Crippen LogP contribution in [-0.2, 0) is 10.0 Å². The minimum absolute atomic E-state index is 0.308. The summed E-state index contributed by atoms with van der Waals surface area (Å²) in [6.07, 6.45) is 6.63. The Kier molecular flexibility index (Phi) is 6.44. The van der Waals surface area contributed by atoms with E-state index >= 15 is 0 Å². The van der Waals surface area contributed by atoms with Gasteiger partial charge in [-0.2, -0.15) is 0 Å². The van der Waals surface area contributed by atoms with Gasteiger partial charge in [-0.3, -0.25) is 0 Å². The minimum atomic E-state index is -3.09. The van der Waals surface area contributed by atoms with E-state index in [1.54, 1.807) is 0 Å². The van der Waals surface area contributed by atoms with Gasteiger partial charge in [-0.1, -0.05) is 26.2 Å². The van der Waals surface area contributed by atoms with E-state index in [9.17, 15) is 8.42 Å². The minimum Gasteiger partial charge on any atom is -0.330 e. The van der Waals surface area contributed by atoms with Crippen LogP contribution in [0.25, 0.3) is 0 Å². The fourth-order valence-corrected chi connectivity index (χ4v) is 3.99. The molecule has 102 valence electrons. The first-order valence-electron chi connectivity index (χ1n) is 6.71. The highest BCUT2D eigenvalue weighted by Gasteiger charge is 2.21. The number of nitrogens with one attached hydrogen (secondary N) is 1. The first-order valence-corrected chi connectivity index (χ1v) is 8.36. The van der Waals surface area contributed by atoms with Crippen LogP contribution in [-0.4, -0.2) is 27.3 Å². The predicted octanol–water partition coefficient (Wildman–Crippen LogP) is 1.47. The largest absolute Gasteiger partial charge is 0.330 e. The summed E-state index contributed by atoms with van der Waals surface area (Å²) in [5.41, 5.74) is 5.44. The van der Waals surface area contributed by atoms with Gasteiger partial charge >= 0.3 is 0 Å². The Balaban J connectivity index is 2.29. The summed E-state index contributed by atoms with van der Waals surface area (Å²) >= 11 is 0. The van der Waals surface area contributed by atoms with Crippen LogP contribution in [0.4, 0.5) is 0 Å². The van der Waals surface area contributed by atoms with Crippen molar-refractivity contribution in [3.05, 3.63) is 0 Å². The summed E-state index contributed by atoms with van der Waals surface area (Å²) in [5.74, 6) is 0.995. The third kappa shape index (κ3) is 6.38. The summed E-state index contributed by atoms with van der Waals surface area (Å²) in [7, 11) is -3.09. The molecule has 1 unspecified atom stereocenters. The van der Waals surface area contributed by atoms with Crippen molar-refractivity contribution in [2.24, 2.45) is 17.6 Å². The van der Waals surface area contributed by atoms with E-state index in [0.29, 0.717) is 30.7 Å². The third-order valence-electron chi connectivity index (χ3n) is 3.49. The Morgan fingerprint density at radius 1 is 1.29 bits per heavy atom. The molecule has 5 heteroatoms. The van der Waals surface area contributed by atoms with Gasteiger partial charge in [0.25, 0.3) is 0 Å². The molecular weight excluding hydrogens is 236 g/mol. The maximum atomic E-state index is 11.9. The molecule has 0 bridgehead atoms. The summed E-state index contributed by atoms with van der Waals surface area (Å²) < 4.78 is 26.4. The van der Waals surface area contributed by atoms with Crippen LogP contribution in [0.1, 0.15) is 45.4 Å². The van der Waals surface area contributed by atoms with Gasteiger partial charge in [0.05, 0.1) is 5.75 Å². The van der Waals surface area contributed by atoms with E-state index in [-0.39, 0.29) is 0 Å². The molecule has 0 heterocycles. The molecule has 0 saturated heterocycles. The van der Waals surface area contributed by atoms with E-state index < -0.39 is 10.0 Å². The highest BCUT2D eigenvalue weighted by atomic mass is 32.2. The highest BCUT2D eigenvalue weighted by molar-refractivity contribution is 7.89. The van der Waals surface area contributed by atoms with Gasteiger partial charge in [0.15, 0.2) is 0 Å². The van der Waals surface area contributed by atoms with Gasteiger partial charge in [0, 0.05) is 6.54 Å². The molecule has 1 aliphatic rings. The predicted molar refractivity (Wildman–Crippen MR) is 71.2 cm³/mol. The fourth-order valence-electron chi connectivity index (χ4n) is 2.38. The lowest BCUT2D eigenvalue weighted by Gasteiger charge is -2.21. The third-order valence-corrected chi connectivity index (χ3v) is 5.01. The van der Waals surface area contributed by atoms with E-state index in [1.807, 2.05) is 6.92 Å². The number of hydrogen-bond donors (Lipinski definition) is 2. The molecule has 0 radical (unpaired) electrons. The number of hydrogen-bond acceptors (Lipinski definition) is 3. The summed E-state index contributed by atoms with van der Waals surface area (Å²) in [4.78, 5) is 0. The van der Waals surface area contributed by atoms with Crippen LogP contribution in [0.15, 0.2) is 0 Å². The molecule has 0 aliphatic heterocycles. The molecule has 0 amide bonds. The van der Waals surface area contributed by atoms with Crippen LogP contribution in [0.5, 0.6) is 0 Å². The van der Waals surface area contributed by atoms with Crippen LogP contribution in [0, 0.1) is 11.8 Å². The molecule has 1 rings (SSSR count). The standard InChI is InChI=1S/C12H26N2O2S/c1-11(7-8-13)9-14-17(15,16)10-12-5-3-2-4-6-12/h11-12,14H,2-10,13H2,1H3. The summed E-state index contributed by atoms with van der Waals surface area (Å²) in [5, 5.41) is 0. The molecule has 0 aromatic rings. The number of sulfonamides is 1. The second-order valence-corrected chi connectivity index (χ2v) is 7.17. The summed E-state index contributed by atoms with van der Waals surface area (Å²) in [6, 6.07) is 0. The maximum absolute atomic E-state index is 11.9. The first-order chi connectivity index (χ1) is 8.03. The molecule has 0 aromatic heterocycles. The second-order valence-electron chi connectivity index (χ2n) is 5.32. The van der Waals surface area contributed by atoms with Crippen molar-refractivity contribution in [3.8, 4) is 0 Å². The van der Waals surface area contributed by atoms with E-state index in [4.69, 9.17) is 5.73 Å². The van der Waals surface area contributed by atoms with Gasteiger partial charge in [-0.15, -0.1) is 0 Å². The van der Waals surface area contributed by atoms with Gasteiger partial charge in [0.1, 0.15) is 0 Å². The van der Waals surface area contributed by atoms with Gasteiger partial charge in [-0.25, -0.2) is 13.1 Å². The monoisotopic (exact) mass is 262 g/mol. The van der Waals surface area contributed by atoms with E-state index in [1.165, 1.54) is 19.3 Å². The molecule has 1 atom stereocenters. The molecule has 17 heavy (non-hydrogen) atoms. The molecule has 0 spiro atoms. The average molecular weight is 262 g/mol. The van der Waals surface area contributed by atoms with Crippen LogP contribution in [0.2, 0.25) is 0 Å². The Labute approximate surface area is 105 Å². The van der Waals surface area contributed by atoms with E-state index in [2.05, 4.69) is 4.72 Å². The smallest absolute Gasteiger partial charge is 0.211 e. The molecule has 1 aliphatic carbocycles. The quantitative estimate of drug-likeness (QED) is 0.730. The number of rotatable bonds is 7. The van der Waals surface area contributed by atoms with Crippen molar-refractivity contribution in [3.63, 3.8) is 0 Å². The molecule has 4 nitrogen and oxygen atoms in total. The first kappa shape index (κ1) is 14.9. The lowest BCUT2D eigenvalue weighted by atomic mass is 9.91. The van der Waals surface area contributed by atoms with Crippen molar-refractivity contribution in [1.82, 2.24) is 4.72 Å². The van der Waals surface area contributed by atoms with Gasteiger partial charge in [-0.05, 0) is 37.6 Å². The van der Waals surface area contributed by atoms with Crippen LogP contribution < -0.4 is 10.5 Å². The Bertz CT molecular complexity index is 298. The molecule has 0 aromatic carbocycles. The molecular formula is C12H26N2O2S. The number of nitrogens with two attached hydrogens (primary N) is 1. The molecule has 1 saturated carbocycles. The zero-order valence-electron chi connectivity index (χ0n) is 10.8. The SMILES string of the molecule is CC(CCN)CNS(=O)(=O)CC1CCCCC1. The van der Waals surface area contributed by atoms with Gasteiger partial charge < -0.3 is 5.73 Å². The maximum Gasteiger partial charge on any atom is 0.211 e. The lowest BCUT2D eigenvalue weighted by molar-refractivity contribution is 0.383. The normalized spacial score (nSPS) is 20.4. The van der Waals surface area contributed by atoms with Crippen molar-refractivity contribution in [2.45, 2.75) is 45.4 Å². The zero-order chi connectivity index (χ0) is 12.7. The van der Waals surface area contributed by atoms with Crippen LogP contribution in [0.3, 0.4) is 0 Å². The Morgan fingerprint density at radius 3 is 2.53 bits per heavy atom. The van der Waals surface area contributed by atoms with Crippen LogP contribution >= 0.6 is 0 Å². The second kappa shape index (κ2) is 7.34. The average Bonchev–Trinajstić information content (AvgIpc) is 2.28. The Hall–Kier alpha value is -0.130. The zero-order valence-corrected chi connectivity index (χ0v) is 11.6. The Morgan fingerprint density at radius 2 is 1.94 bits per heavy atom. The van der Waals surface area contributed by atoms with E-state index in [0.717, 1.165) is 19.3 Å². The van der Waals surface area contributed by atoms with Gasteiger partial charge in [0.2, 0.25) is 10.0 Å². The van der Waals surface area contributed by atoms with Crippen molar-refractivity contribution < 1.29 is 8.42 Å². The fraction of sp³-hybridized carbons (Fsp3) is 1.00. The lowest BCUT2D eigenvalue weighted by Crippen LogP contribution is -2.34. The summed E-state index contributed by atoms with van der Waals surface area (Å²) in [6.45, 7) is 3.16. The van der Waals surface area contributed by atoms with Crippen molar-refractivity contribution in [1.29, 1.82) is 0 Å². The van der Waals surface area contributed by atoms with Crippen molar-refractivity contribution in [2.75, 3.05) is 18.8 Å². The highest BCUT2D eigenvalue weighted by Crippen LogP contribution is 2.24. The molecule has 3 N–H and O–H groups in total. The van der Waals surface area contributed by atoms with Crippen molar-refractivity contribution >= 4 is 10.0 Å². The topological polar surface area (TPSA) is 72.2 Å².